The number of amides is 2. The van der Waals surface area contributed by atoms with Gasteiger partial charge in [-0.05, 0) is 109 Å². The molecule has 2 aromatic rings. The Bertz CT molecular complexity index is 1270. The van der Waals surface area contributed by atoms with Gasteiger partial charge in [-0.3, -0.25) is 9.59 Å². The molecule has 3 aliphatic carbocycles. The van der Waals surface area contributed by atoms with Gasteiger partial charge in [-0.1, -0.05) is 19.4 Å². The minimum Gasteiger partial charge on any atom is -0.508 e. The fourth-order valence-electron chi connectivity index (χ4n) is 8.34. The maximum absolute atomic E-state index is 16.0. The smallest absolute Gasteiger partial charge is 0.253 e. The van der Waals surface area contributed by atoms with Crippen LogP contribution >= 0.6 is 0 Å². The SMILES string of the molecule is COCCN(CCCC[C@@H]1Cc2cc(O)ccc2C2C1C1CC[C@H](O)C1(C)C[C@@H]2F)C(=O)c1ccc(NC(C)=O)cc1. The number of nitrogens with one attached hydrogen (secondary N) is 1. The van der Waals surface area contributed by atoms with Crippen LogP contribution in [0.2, 0.25) is 0 Å². The van der Waals surface area contributed by atoms with E-state index in [-0.39, 0.29) is 41.2 Å². The van der Waals surface area contributed by atoms with E-state index in [9.17, 15) is 19.8 Å². The number of rotatable bonds is 10. The van der Waals surface area contributed by atoms with Gasteiger partial charge in [0.2, 0.25) is 5.91 Å². The number of carbonyl (C=O) groups is 2. The zero-order valence-corrected chi connectivity index (χ0v) is 25.0. The van der Waals surface area contributed by atoms with Crippen molar-refractivity contribution in [3.8, 4) is 5.75 Å². The number of fused-ring (bicyclic) bond motifs is 5. The largest absolute Gasteiger partial charge is 0.508 e. The van der Waals surface area contributed by atoms with Crippen LogP contribution in [-0.4, -0.2) is 66.0 Å². The molecule has 0 bridgehead atoms. The van der Waals surface area contributed by atoms with E-state index in [0.29, 0.717) is 37.4 Å². The number of methoxy groups -OCH3 is 1. The van der Waals surface area contributed by atoms with Gasteiger partial charge in [0.15, 0.2) is 0 Å². The van der Waals surface area contributed by atoms with Gasteiger partial charge in [0.1, 0.15) is 11.9 Å². The molecule has 4 unspecified atom stereocenters. The van der Waals surface area contributed by atoms with Gasteiger partial charge in [-0.25, -0.2) is 4.39 Å². The van der Waals surface area contributed by atoms with Crippen molar-refractivity contribution >= 4 is 17.5 Å². The van der Waals surface area contributed by atoms with Crippen LogP contribution in [0.5, 0.6) is 5.75 Å². The van der Waals surface area contributed by atoms with Crippen molar-refractivity contribution in [1.82, 2.24) is 4.90 Å². The molecule has 42 heavy (non-hydrogen) atoms. The van der Waals surface area contributed by atoms with Crippen molar-refractivity contribution in [2.24, 2.45) is 23.2 Å². The summed E-state index contributed by atoms with van der Waals surface area (Å²) in [4.78, 5) is 26.5. The molecule has 2 amide bonds. The van der Waals surface area contributed by atoms with Gasteiger partial charge in [0.05, 0.1) is 12.7 Å². The van der Waals surface area contributed by atoms with Crippen LogP contribution < -0.4 is 5.32 Å². The topological polar surface area (TPSA) is 99.1 Å². The molecule has 0 aliphatic heterocycles. The Morgan fingerprint density at radius 1 is 1.12 bits per heavy atom. The van der Waals surface area contributed by atoms with E-state index in [1.165, 1.54) is 6.92 Å². The number of benzene rings is 2. The lowest BCUT2D eigenvalue weighted by Gasteiger charge is -2.54. The highest BCUT2D eigenvalue weighted by Gasteiger charge is 2.59. The van der Waals surface area contributed by atoms with E-state index in [1.807, 2.05) is 17.0 Å². The molecule has 2 aromatic carbocycles. The maximum Gasteiger partial charge on any atom is 0.253 e. The first-order valence-electron chi connectivity index (χ1n) is 15.4. The Morgan fingerprint density at radius 2 is 1.88 bits per heavy atom. The number of anilines is 1. The molecular formula is C34H45FN2O5. The van der Waals surface area contributed by atoms with E-state index < -0.39 is 17.7 Å². The third kappa shape index (κ3) is 6.06. The molecule has 7 atom stereocenters. The van der Waals surface area contributed by atoms with Gasteiger partial charge >= 0.3 is 0 Å². The molecule has 0 saturated heterocycles. The summed E-state index contributed by atoms with van der Waals surface area (Å²) < 4.78 is 21.3. The Balaban J connectivity index is 1.28. The van der Waals surface area contributed by atoms with E-state index >= 15 is 4.39 Å². The molecule has 0 heterocycles. The molecule has 3 aliphatic rings. The van der Waals surface area contributed by atoms with Crippen LogP contribution in [0.3, 0.4) is 0 Å². The van der Waals surface area contributed by atoms with Crippen LogP contribution in [-0.2, 0) is 16.0 Å². The number of phenolic OH excluding ortho intramolecular Hbond substituents is 1. The highest BCUT2D eigenvalue weighted by molar-refractivity contribution is 5.95. The standard InChI is InChI=1S/C34H45FN2O5/c1-21(38)36-25-9-7-22(8-10-25)33(41)37(16-17-42-3)15-5-4-6-23-18-24-19-26(39)11-12-27(24)32-29(35)20-34(2)28(31(23)32)13-14-30(34)40/h7-12,19,23,28-32,39-40H,4-6,13-18,20H2,1-3H3,(H,36,38)/t23-,28?,29+,30+,31?,32?,34?/m1/s1. The second-order valence-electron chi connectivity index (χ2n) is 12.9. The van der Waals surface area contributed by atoms with Gasteiger partial charge in [0.25, 0.3) is 5.91 Å². The number of hydrogen-bond acceptors (Lipinski definition) is 5. The zero-order chi connectivity index (χ0) is 30.0. The third-order valence-electron chi connectivity index (χ3n) is 10.3. The number of ether oxygens (including phenoxy) is 1. The summed E-state index contributed by atoms with van der Waals surface area (Å²) in [5.41, 5.74) is 2.89. The first kappa shape index (κ1) is 30.5. The normalized spacial score (nSPS) is 29.7. The molecule has 8 heteroatoms. The lowest BCUT2D eigenvalue weighted by molar-refractivity contribution is -0.114. The fraction of sp³-hybridized carbons (Fsp3) is 0.588. The monoisotopic (exact) mass is 580 g/mol. The summed E-state index contributed by atoms with van der Waals surface area (Å²) in [5, 5.41) is 23.8. The number of aliphatic hydroxyl groups excluding tert-OH is 1. The predicted molar refractivity (Wildman–Crippen MR) is 160 cm³/mol. The first-order valence-corrected chi connectivity index (χ1v) is 15.4. The molecule has 3 N–H and O–H groups in total. The van der Waals surface area contributed by atoms with Crippen LogP contribution in [0, 0.1) is 23.2 Å². The van der Waals surface area contributed by atoms with Crippen molar-refractivity contribution < 1.29 is 28.9 Å². The minimum absolute atomic E-state index is 0.0770. The van der Waals surface area contributed by atoms with E-state index in [1.54, 1.807) is 37.4 Å². The first-order chi connectivity index (χ1) is 20.1. The van der Waals surface area contributed by atoms with Crippen LogP contribution in [0.4, 0.5) is 10.1 Å². The third-order valence-corrected chi connectivity index (χ3v) is 10.3. The van der Waals surface area contributed by atoms with Gasteiger partial charge in [0, 0.05) is 44.3 Å². The van der Waals surface area contributed by atoms with Gasteiger partial charge in [-0.2, -0.15) is 0 Å². The Labute approximate surface area is 248 Å². The molecule has 0 spiro atoms. The molecule has 0 aromatic heterocycles. The van der Waals surface area contributed by atoms with E-state index in [0.717, 1.165) is 49.7 Å². The van der Waals surface area contributed by atoms with Crippen LogP contribution in [0.25, 0.3) is 0 Å². The molecule has 2 saturated carbocycles. The Morgan fingerprint density at radius 3 is 2.60 bits per heavy atom. The second kappa shape index (κ2) is 12.7. The summed E-state index contributed by atoms with van der Waals surface area (Å²) in [5.74, 6) is 0.453. The highest BCUT2D eigenvalue weighted by atomic mass is 19.1. The Kier molecular flexibility index (Phi) is 9.23. The number of nitrogens with zero attached hydrogens (tertiary/aromatic N) is 1. The lowest BCUT2D eigenvalue weighted by atomic mass is 9.51. The lowest BCUT2D eigenvalue weighted by Crippen LogP contribution is -2.51. The summed E-state index contributed by atoms with van der Waals surface area (Å²) in [6.45, 7) is 5.03. The average molecular weight is 581 g/mol. The quantitative estimate of drug-likeness (QED) is 0.313. The van der Waals surface area contributed by atoms with Crippen molar-refractivity contribution in [2.45, 2.75) is 77.0 Å². The summed E-state index contributed by atoms with van der Waals surface area (Å²) in [7, 11) is 1.62. The van der Waals surface area contributed by atoms with Gasteiger partial charge in [-0.15, -0.1) is 0 Å². The zero-order valence-electron chi connectivity index (χ0n) is 25.0. The molecular weight excluding hydrogens is 535 g/mol. The molecule has 228 valence electrons. The van der Waals surface area contributed by atoms with Crippen LogP contribution in [0.1, 0.15) is 79.8 Å². The molecule has 2 fully saturated rings. The van der Waals surface area contributed by atoms with Crippen molar-refractivity contribution in [3.63, 3.8) is 0 Å². The molecule has 5 rings (SSSR count). The molecule has 0 radical (unpaired) electrons. The predicted octanol–water partition coefficient (Wildman–Crippen LogP) is 5.70. The number of carbonyl (C=O) groups excluding carboxylic acids is 2. The summed E-state index contributed by atoms with van der Waals surface area (Å²) in [6.07, 6.45) is 3.97. The fourth-order valence-corrected chi connectivity index (χ4v) is 8.34. The number of halogens is 1. The number of phenols is 1. The number of unbranched alkanes of at least 4 members (excludes halogenated alkanes) is 1. The van der Waals surface area contributed by atoms with Crippen molar-refractivity contribution in [1.29, 1.82) is 0 Å². The number of aromatic hydroxyl groups is 1. The van der Waals surface area contributed by atoms with E-state index in [2.05, 4.69) is 12.2 Å². The average Bonchev–Trinajstić information content (AvgIpc) is 3.25. The number of hydrogen-bond donors (Lipinski definition) is 3. The minimum atomic E-state index is -1.02. The van der Waals surface area contributed by atoms with Crippen molar-refractivity contribution in [2.75, 3.05) is 32.1 Å². The maximum atomic E-state index is 16.0. The summed E-state index contributed by atoms with van der Waals surface area (Å²) in [6, 6.07) is 12.3. The van der Waals surface area contributed by atoms with Gasteiger partial charge < -0.3 is 25.2 Å². The second-order valence-corrected chi connectivity index (χ2v) is 12.9. The Hall–Kier alpha value is -2.97. The summed E-state index contributed by atoms with van der Waals surface area (Å²) >= 11 is 0. The van der Waals surface area contributed by atoms with Crippen LogP contribution in [0.15, 0.2) is 42.5 Å². The van der Waals surface area contributed by atoms with Crippen molar-refractivity contribution in [3.05, 3.63) is 59.2 Å². The molecule has 7 nitrogen and oxygen atoms in total. The number of aliphatic hydroxyl groups is 1. The van der Waals surface area contributed by atoms with E-state index in [4.69, 9.17) is 4.74 Å². The highest BCUT2D eigenvalue weighted by Crippen LogP contribution is 2.63. The number of alkyl halides is 1.